The Kier molecular flexibility index (Phi) is 8.38. The summed E-state index contributed by atoms with van der Waals surface area (Å²) in [4.78, 5) is 15.3. The number of nitrogens with zero attached hydrogens (tertiary/aromatic N) is 3. The van der Waals surface area contributed by atoms with Gasteiger partial charge in [0, 0.05) is 17.5 Å². The summed E-state index contributed by atoms with van der Waals surface area (Å²) in [5.74, 6) is 2.04. The SMILES string of the molecule is c1ccc(-c2cc(Cc3nc(-c4cccc(-c5ccccc5)c4)nc(-c4cccc(-c5ccccc5)c4)n3)cc(-c3ccccc3)c2)cc1. The van der Waals surface area contributed by atoms with Crippen LogP contribution in [0.15, 0.2) is 188 Å². The highest BCUT2D eigenvalue weighted by Crippen LogP contribution is 2.31. The van der Waals surface area contributed by atoms with Crippen molar-refractivity contribution < 1.29 is 0 Å². The normalized spacial score (nSPS) is 10.9. The molecule has 0 amide bonds. The van der Waals surface area contributed by atoms with E-state index in [1.165, 1.54) is 11.1 Å². The molecule has 0 radical (unpaired) electrons. The molecule has 0 aliphatic carbocycles. The van der Waals surface area contributed by atoms with Gasteiger partial charge < -0.3 is 0 Å². The first kappa shape index (κ1) is 29.9. The fourth-order valence-corrected chi connectivity index (χ4v) is 6.27. The first-order chi connectivity index (χ1) is 24.2. The Morgan fingerprint density at radius 1 is 0.265 bits per heavy atom. The molecular formula is C46H33N3. The van der Waals surface area contributed by atoms with Crippen molar-refractivity contribution in [3.63, 3.8) is 0 Å². The average Bonchev–Trinajstić information content (AvgIpc) is 3.19. The molecule has 0 saturated heterocycles. The van der Waals surface area contributed by atoms with Crippen LogP contribution in [0.3, 0.4) is 0 Å². The Hall–Kier alpha value is -6.45. The van der Waals surface area contributed by atoms with E-state index in [9.17, 15) is 0 Å². The van der Waals surface area contributed by atoms with Gasteiger partial charge >= 0.3 is 0 Å². The fourth-order valence-electron chi connectivity index (χ4n) is 6.27. The minimum atomic E-state index is 0.555. The second kappa shape index (κ2) is 13.7. The van der Waals surface area contributed by atoms with Gasteiger partial charge in [-0.15, -0.1) is 0 Å². The third-order valence-electron chi connectivity index (χ3n) is 8.71. The molecule has 49 heavy (non-hydrogen) atoms. The zero-order valence-corrected chi connectivity index (χ0v) is 26.9. The predicted molar refractivity (Wildman–Crippen MR) is 202 cm³/mol. The van der Waals surface area contributed by atoms with E-state index in [1.54, 1.807) is 0 Å². The molecule has 1 aromatic heterocycles. The van der Waals surface area contributed by atoms with E-state index in [0.717, 1.165) is 55.9 Å². The Morgan fingerprint density at radius 2 is 0.592 bits per heavy atom. The fraction of sp³-hybridized carbons (Fsp3) is 0.0217. The predicted octanol–water partition coefficient (Wildman–Crippen LogP) is 11.5. The van der Waals surface area contributed by atoms with Crippen LogP contribution >= 0.6 is 0 Å². The van der Waals surface area contributed by atoms with Gasteiger partial charge in [-0.25, -0.2) is 15.0 Å². The lowest BCUT2D eigenvalue weighted by molar-refractivity contribution is 0.933. The number of hydrogen-bond acceptors (Lipinski definition) is 3. The number of rotatable bonds is 8. The molecule has 3 nitrogen and oxygen atoms in total. The molecular weight excluding hydrogens is 595 g/mol. The smallest absolute Gasteiger partial charge is 0.163 e. The van der Waals surface area contributed by atoms with Crippen LogP contribution in [0.2, 0.25) is 0 Å². The Bertz CT molecular complexity index is 2180. The van der Waals surface area contributed by atoms with Gasteiger partial charge in [0.05, 0.1) is 0 Å². The second-order valence-corrected chi connectivity index (χ2v) is 12.1. The topological polar surface area (TPSA) is 38.7 Å². The van der Waals surface area contributed by atoms with E-state index >= 15 is 0 Å². The van der Waals surface area contributed by atoms with Crippen LogP contribution in [0.25, 0.3) is 67.3 Å². The largest absolute Gasteiger partial charge is 0.213 e. The van der Waals surface area contributed by atoms with Crippen molar-refractivity contribution in [3.05, 3.63) is 199 Å². The lowest BCUT2D eigenvalue weighted by Crippen LogP contribution is -2.04. The molecule has 1 heterocycles. The summed E-state index contributed by atoms with van der Waals surface area (Å²) < 4.78 is 0. The zero-order chi connectivity index (χ0) is 32.8. The van der Waals surface area contributed by atoms with Gasteiger partial charge in [-0.3, -0.25) is 0 Å². The van der Waals surface area contributed by atoms with Crippen molar-refractivity contribution in [2.75, 3.05) is 0 Å². The van der Waals surface area contributed by atoms with Crippen molar-refractivity contribution in [2.45, 2.75) is 6.42 Å². The molecule has 8 rings (SSSR count). The third-order valence-corrected chi connectivity index (χ3v) is 8.71. The highest BCUT2D eigenvalue weighted by Gasteiger charge is 2.14. The molecule has 0 bridgehead atoms. The van der Waals surface area contributed by atoms with Crippen molar-refractivity contribution in [1.82, 2.24) is 15.0 Å². The second-order valence-electron chi connectivity index (χ2n) is 12.1. The summed E-state index contributed by atoms with van der Waals surface area (Å²) in [6.45, 7) is 0. The number of hydrogen-bond donors (Lipinski definition) is 0. The van der Waals surface area contributed by atoms with Crippen LogP contribution in [-0.4, -0.2) is 15.0 Å². The van der Waals surface area contributed by atoms with E-state index in [1.807, 2.05) is 12.1 Å². The highest BCUT2D eigenvalue weighted by molar-refractivity contribution is 5.75. The van der Waals surface area contributed by atoms with Crippen LogP contribution in [0, 0.1) is 0 Å². The molecule has 8 aromatic rings. The maximum Gasteiger partial charge on any atom is 0.163 e. The molecule has 0 saturated carbocycles. The van der Waals surface area contributed by atoms with E-state index in [0.29, 0.717) is 18.1 Å². The third kappa shape index (κ3) is 6.83. The molecule has 0 aliphatic rings. The summed E-state index contributed by atoms with van der Waals surface area (Å²) in [6, 6.07) is 65.6. The van der Waals surface area contributed by atoms with Gasteiger partial charge in [0.2, 0.25) is 0 Å². The quantitative estimate of drug-likeness (QED) is 0.168. The Balaban J connectivity index is 1.26. The van der Waals surface area contributed by atoms with Crippen LogP contribution in [0.5, 0.6) is 0 Å². The molecule has 0 aliphatic heterocycles. The lowest BCUT2D eigenvalue weighted by atomic mass is 9.95. The van der Waals surface area contributed by atoms with Crippen molar-refractivity contribution >= 4 is 0 Å². The minimum Gasteiger partial charge on any atom is -0.213 e. The Labute approximate surface area is 287 Å². The first-order valence-corrected chi connectivity index (χ1v) is 16.6. The van der Waals surface area contributed by atoms with Crippen molar-refractivity contribution in [3.8, 4) is 67.3 Å². The summed E-state index contributed by atoms with van der Waals surface area (Å²) >= 11 is 0. The van der Waals surface area contributed by atoms with Gasteiger partial charge in [-0.05, 0) is 68.3 Å². The molecule has 0 spiro atoms. The van der Waals surface area contributed by atoms with Crippen molar-refractivity contribution in [1.29, 1.82) is 0 Å². The molecule has 0 unspecified atom stereocenters. The molecule has 232 valence electrons. The summed E-state index contributed by atoms with van der Waals surface area (Å²) in [5, 5.41) is 0. The number of benzene rings is 7. The van der Waals surface area contributed by atoms with Crippen molar-refractivity contribution in [2.24, 2.45) is 0 Å². The van der Waals surface area contributed by atoms with Crippen LogP contribution in [0.4, 0.5) is 0 Å². The van der Waals surface area contributed by atoms with Crippen LogP contribution in [0.1, 0.15) is 11.4 Å². The monoisotopic (exact) mass is 627 g/mol. The summed E-state index contributed by atoms with van der Waals surface area (Å²) in [7, 11) is 0. The van der Waals surface area contributed by atoms with Gasteiger partial charge in [0.15, 0.2) is 11.6 Å². The lowest BCUT2D eigenvalue weighted by Gasteiger charge is -2.13. The molecule has 0 atom stereocenters. The average molecular weight is 628 g/mol. The van der Waals surface area contributed by atoms with E-state index in [4.69, 9.17) is 15.0 Å². The molecule has 0 fully saturated rings. The Morgan fingerprint density at radius 3 is 1.00 bits per heavy atom. The van der Waals surface area contributed by atoms with Crippen LogP contribution < -0.4 is 0 Å². The maximum atomic E-state index is 5.12. The summed E-state index contributed by atoms with van der Waals surface area (Å²) in [6.07, 6.45) is 0.555. The first-order valence-electron chi connectivity index (χ1n) is 16.6. The standard InChI is InChI=1S/C46H33N3/c1-5-15-34(16-6-1)38-23-13-25-40(30-38)45-47-44(48-46(49-45)41-26-14-24-39(31-41)35-17-7-2-8-18-35)29-33-27-42(36-19-9-3-10-20-36)32-43(28-33)37-21-11-4-12-22-37/h1-28,30-32H,29H2. The van der Waals surface area contributed by atoms with Gasteiger partial charge in [0.1, 0.15) is 5.82 Å². The molecule has 7 aromatic carbocycles. The van der Waals surface area contributed by atoms with Gasteiger partial charge in [-0.2, -0.15) is 0 Å². The zero-order valence-electron chi connectivity index (χ0n) is 26.9. The highest BCUT2D eigenvalue weighted by atomic mass is 15.0. The molecule has 0 N–H and O–H groups in total. The van der Waals surface area contributed by atoms with E-state index in [-0.39, 0.29) is 0 Å². The van der Waals surface area contributed by atoms with Gasteiger partial charge in [0.25, 0.3) is 0 Å². The minimum absolute atomic E-state index is 0.555. The van der Waals surface area contributed by atoms with E-state index in [2.05, 4.69) is 176 Å². The van der Waals surface area contributed by atoms with Crippen LogP contribution in [-0.2, 0) is 6.42 Å². The van der Waals surface area contributed by atoms with E-state index < -0.39 is 0 Å². The summed E-state index contributed by atoms with van der Waals surface area (Å²) in [5.41, 5.74) is 12.3. The number of aromatic nitrogens is 3. The maximum absolute atomic E-state index is 5.12. The van der Waals surface area contributed by atoms with Gasteiger partial charge in [-0.1, -0.05) is 170 Å². The molecule has 3 heteroatoms.